The Kier molecular flexibility index (Phi) is 6.72. The smallest absolute Gasteiger partial charge is 0.217 e. The van der Waals surface area contributed by atoms with Gasteiger partial charge in [-0.1, -0.05) is 38.9 Å². The molecule has 1 aliphatic rings. The summed E-state index contributed by atoms with van der Waals surface area (Å²) in [4.78, 5) is 0. The summed E-state index contributed by atoms with van der Waals surface area (Å²) in [7, 11) is -5.07. The summed E-state index contributed by atoms with van der Waals surface area (Å²) in [6.07, 6.45) is -2.14. The minimum atomic E-state index is -2.99. The topological polar surface area (TPSA) is 9.23 Å². The number of rotatable bonds is 7. The molecule has 0 aromatic rings. The van der Waals surface area contributed by atoms with Crippen LogP contribution in [0, 0.1) is 0 Å². The Labute approximate surface area is 121 Å². The van der Waals surface area contributed by atoms with Gasteiger partial charge < -0.3 is 4.43 Å². The molecule has 0 amide bonds. The molecule has 0 aromatic heterocycles. The molecule has 7 heteroatoms. The van der Waals surface area contributed by atoms with E-state index in [1.54, 1.807) is 0 Å². The summed E-state index contributed by atoms with van der Waals surface area (Å²) >= 11 is 0. The van der Waals surface area contributed by atoms with E-state index in [0.717, 1.165) is 18.1 Å². The van der Waals surface area contributed by atoms with Crippen LogP contribution in [0.1, 0.15) is 27.2 Å². The fraction of sp³-hybridized carbons (Fsp3) is 1.00. The molecule has 0 radical (unpaired) electrons. The van der Waals surface area contributed by atoms with Crippen LogP contribution in [-0.4, -0.2) is 46.8 Å². The molecule has 1 saturated heterocycles. The normalized spacial score (nSPS) is 32.9. The maximum Gasteiger partial charge on any atom is 0.217 e. The third-order valence-corrected chi connectivity index (χ3v) is 24.5. The van der Waals surface area contributed by atoms with E-state index in [1.165, 1.54) is 0 Å². The molecule has 0 spiro atoms. The van der Waals surface area contributed by atoms with Gasteiger partial charge in [-0.2, -0.15) is 0 Å². The van der Waals surface area contributed by atoms with Crippen LogP contribution in [0.2, 0.25) is 24.2 Å². The van der Waals surface area contributed by atoms with Crippen LogP contribution in [0.4, 0.5) is 17.6 Å². The second-order valence-electron chi connectivity index (χ2n) is 5.72. The summed E-state index contributed by atoms with van der Waals surface area (Å²) in [5.74, 6) is -1.60. The largest absolute Gasteiger partial charge is 0.411 e. The third-order valence-electron chi connectivity index (χ3n) is 5.24. The quantitative estimate of drug-likeness (QED) is 0.494. The van der Waals surface area contributed by atoms with Crippen molar-refractivity contribution < 1.29 is 22.0 Å². The van der Waals surface area contributed by atoms with Crippen LogP contribution >= 0.6 is 0 Å². The molecule has 1 aliphatic heterocycles. The van der Waals surface area contributed by atoms with Crippen LogP contribution in [0.15, 0.2) is 0 Å². The Hall–Kier alpha value is 0.114. The predicted molar refractivity (Wildman–Crippen MR) is 79.0 cm³/mol. The van der Waals surface area contributed by atoms with Gasteiger partial charge in [-0.15, -0.1) is 0 Å². The average Bonchev–Trinajstić information content (AvgIpc) is 2.52. The van der Waals surface area contributed by atoms with Crippen LogP contribution in [0.3, 0.4) is 0 Å². The van der Waals surface area contributed by atoms with Gasteiger partial charge in [0.25, 0.3) is 0 Å². The molecule has 1 rings (SSSR count). The summed E-state index contributed by atoms with van der Waals surface area (Å²) in [6, 6.07) is 2.87. The first-order chi connectivity index (χ1) is 9.46. The molecule has 1 heterocycles. The van der Waals surface area contributed by atoms with Crippen molar-refractivity contribution in [2.45, 2.75) is 69.4 Å². The molecule has 1 nitrogen and oxygen atoms in total. The van der Waals surface area contributed by atoms with Crippen molar-refractivity contribution in [3.63, 3.8) is 0 Å². The molecular formula is C13H26F4OSi2. The van der Waals surface area contributed by atoms with Gasteiger partial charge in [0.05, 0.1) is 13.7 Å². The summed E-state index contributed by atoms with van der Waals surface area (Å²) in [5, 5.41) is 0. The van der Waals surface area contributed by atoms with Gasteiger partial charge in [-0.05, 0) is 12.5 Å². The van der Waals surface area contributed by atoms with Crippen molar-refractivity contribution in [2.24, 2.45) is 0 Å². The minimum Gasteiger partial charge on any atom is -0.411 e. The lowest BCUT2D eigenvalue weighted by Crippen LogP contribution is -2.74. The third kappa shape index (κ3) is 2.85. The Bertz CT molecular complexity index is 304. The van der Waals surface area contributed by atoms with E-state index >= 15 is 0 Å². The van der Waals surface area contributed by atoms with E-state index in [-0.39, 0.29) is 0 Å². The minimum absolute atomic E-state index is 0.451. The van der Waals surface area contributed by atoms with Gasteiger partial charge in [-0.25, -0.2) is 17.6 Å². The first-order valence-corrected chi connectivity index (χ1v) is 13.4. The molecule has 120 valence electrons. The van der Waals surface area contributed by atoms with E-state index < -0.39 is 46.8 Å². The van der Waals surface area contributed by atoms with Gasteiger partial charge in [0.15, 0.2) is 6.17 Å². The Morgan fingerprint density at radius 1 is 1.05 bits per heavy atom. The highest BCUT2D eigenvalue weighted by Gasteiger charge is 2.62. The first-order valence-electron chi connectivity index (χ1n) is 7.54. The zero-order chi connectivity index (χ0) is 15.4. The van der Waals surface area contributed by atoms with Gasteiger partial charge in [0.1, 0.15) is 19.1 Å². The zero-order valence-electron chi connectivity index (χ0n) is 12.6. The maximum atomic E-state index is 14.5. The lowest BCUT2D eigenvalue weighted by molar-refractivity contribution is 0.0608. The molecule has 0 saturated carbocycles. The molecule has 0 aromatic carbocycles. The van der Waals surface area contributed by atoms with Crippen LogP contribution < -0.4 is 0 Å². The van der Waals surface area contributed by atoms with Crippen molar-refractivity contribution in [1.29, 1.82) is 0 Å². The van der Waals surface area contributed by atoms with Crippen LogP contribution in [-0.2, 0) is 4.43 Å². The number of alkyl halides is 4. The van der Waals surface area contributed by atoms with Gasteiger partial charge >= 0.3 is 0 Å². The highest BCUT2D eigenvalue weighted by Crippen LogP contribution is 2.44. The SMILES string of the molecule is CC[Si]1(CC)CCC(C(F)CF)O[Si]1(CC)C(F)CF. The first kappa shape index (κ1) is 18.2. The number of halogens is 4. The lowest BCUT2D eigenvalue weighted by atomic mass is 10.2. The highest BCUT2D eigenvalue weighted by molar-refractivity contribution is 7.40. The van der Waals surface area contributed by atoms with E-state index in [1.807, 2.05) is 20.8 Å². The molecule has 0 aliphatic carbocycles. The van der Waals surface area contributed by atoms with Crippen molar-refractivity contribution in [3.8, 4) is 0 Å². The molecular weight excluding hydrogens is 304 g/mol. The fourth-order valence-corrected chi connectivity index (χ4v) is 22.0. The molecule has 1 fully saturated rings. The molecule has 20 heavy (non-hydrogen) atoms. The van der Waals surface area contributed by atoms with Crippen molar-refractivity contribution >= 4 is 15.4 Å². The fourth-order valence-electron chi connectivity index (χ4n) is 3.85. The molecule has 0 N–H and O–H groups in total. The van der Waals surface area contributed by atoms with E-state index in [2.05, 4.69) is 0 Å². The van der Waals surface area contributed by atoms with Crippen molar-refractivity contribution in [3.05, 3.63) is 0 Å². The molecule has 0 bridgehead atoms. The highest BCUT2D eigenvalue weighted by atomic mass is 29.3. The van der Waals surface area contributed by atoms with Crippen molar-refractivity contribution in [1.82, 2.24) is 0 Å². The second kappa shape index (κ2) is 7.40. The van der Waals surface area contributed by atoms with Gasteiger partial charge in [0, 0.05) is 0 Å². The van der Waals surface area contributed by atoms with Crippen LogP contribution in [0.25, 0.3) is 0 Å². The Morgan fingerprint density at radius 3 is 2.05 bits per heavy atom. The van der Waals surface area contributed by atoms with E-state index in [4.69, 9.17) is 4.43 Å². The maximum absolute atomic E-state index is 14.5. The number of hydrogen-bond donors (Lipinski definition) is 0. The summed E-state index contributed by atoms with van der Waals surface area (Å²) < 4.78 is 59.6. The Balaban J connectivity index is 3.17. The van der Waals surface area contributed by atoms with Crippen LogP contribution in [0.5, 0.6) is 0 Å². The summed E-state index contributed by atoms with van der Waals surface area (Å²) in [6.45, 7) is 3.69. The van der Waals surface area contributed by atoms with Gasteiger partial charge in [-0.3, -0.25) is 0 Å². The lowest BCUT2D eigenvalue weighted by Gasteiger charge is -2.53. The van der Waals surface area contributed by atoms with Crippen molar-refractivity contribution in [2.75, 3.05) is 13.3 Å². The van der Waals surface area contributed by atoms with E-state index in [0.29, 0.717) is 12.5 Å². The molecule has 4 atom stereocenters. The molecule has 4 unspecified atom stereocenters. The average molecular weight is 331 g/mol. The summed E-state index contributed by atoms with van der Waals surface area (Å²) in [5.41, 5.74) is 0. The standard InChI is InChI=1S/C13H26F4OSi2/c1-4-19(5-2)8-7-12(11(16)9-14)18-20(19,6-3)13(17)10-15/h11-13H,4-10H2,1-3H3. The Morgan fingerprint density at radius 2 is 1.65 bits per heavy atom. The zero-order valence-corrected chi connectivity index (χ0v) is 14.6. The second-order valence-corrected chi connectivity index (χ2v) is 19.3. The van der Waals surface area contributed by atoms with Gasteiger partial charge in [0.2, 0.25) is 7.83 Å². The van der Waals surface area contributed by atoms with E-state index in [9.17, 15) is 17.6 Å². The number of hydrogen-bond acceptors (Lipinski definition) is 1. The monoisotopic (exact) mass is 330 g/mol. The predicted octanol–water partition coefficient (Wildman–Crippen LogP) is 4.46.